The van der Waals surface area contributed by atoms with Crippen molar-refractivity contribution in [2.24, 2.45) is 0 Å². The van der Waals surface area contributed by atoms with E-state index in [1.807, 2.05) is 0 Å². The van der Waals surface area contributed by atoms with Gasteiger partial charge in [0.2, 0.25) is 0 Å². The van der Waals surface area contributed by atoms with Gasteiger partial charge in [0.25, 0.3) is 0 Å². The molecule has 0 saturated heterocycles. The minimum Gasteiger partial charge on any atom is -0.345 e. The molecule has 1 aromatic heterocycles. The summed E-state index contributed by atoms with van der Waals surface area (Å²) in [5.41, 5.74) is 1.35. The molecule has 2 rings (SSSR count). The SMILES string of the molecule is CCCCCCC(C)n1ccc2cc(Br)ccc21. The second-order valence-corrected chi connectivity index (χ2v) is 6.04. The topological polar surface area (TPSA) is 4.93 Å². The van der Waals surface area contributed by atoms with E-state index < -0.39 is 0 Å². The summed E-state index contributed by atoms with van der Waals surface area (Å²) in [7, 11) is 0. The lowest BCUT2D eigenvalue weighted by Crippen LogP contribution is -2.03. The Labute approximate surface area is 118 Å². The van der Waals surface area contributed by atoms with E-state index in [0.29, 0.717) is 6.04 Å². The molecular weight excluding hydrogens is 286 g/mol. The third-order valence-corrected chi connectivity index (χ3v) is 4.13. The Morgan fingerprint density at radius 3 is 2.78 bits per heavy atom. The van der Waals surface area contributed by atoms with Gasteiger partial charge >= 0.3 is 0 Å². The van der Waals surface area contributed by atoms with Gasteiger partial charge in [-0.05, 0) is 37.6 Å². The van der Waals surface area contributed by atoms with Gasteiger partial charge in [-0.2, -0.15) is 0 Å². The lowest BCUT2D eigenvalue weighted by Gasteiger charge is -2.15. The summed E-state index contributed by atoms with van der Waals surface area (Å²) in [5, 5.41) is 1.32. The Hall–Kier alpha value is -0.760. The average Bonchev–Trinajstić information content (AvgIpc) is 2.77. The fourth-order valence-corrected chi connectivity index (χ4v) is 2.90. The Morgan fingerprint density at radius 2 is 2.00 bits per heavy atom. The molecule has 18 heavy (non-hydrogen) atoms. The predicted molar refractivity (Wildman–Crippen MR) is 83.1 cm³/mol. The van der Waals surface area contributed by atoms with Crippen molar-refractivity contribution >= 4 is 26.8 Å². The van der Waals surface area contributed by atoms with Gasteiger partial charge in [-0.15, -0.1) is 0 Å². The zero-order valence-corrected chi connectivity index (χ0v) is 12.9. The molecule has 0 aliphatic rings. The fraction of sp³-hybridized carbons (Fsp3) is 0.500. The molecule has 1 nitrogen and oxygen atoms in total. The van der Waals surface area contributed by atoms with Crippen LogP contribution in [0.1, 0.15) is 52.0 Å². The summed E-state index contributed by atoms with van der Waals surface area (Å²) < 4.78 is 3.57. The first-order chi connectivity index (χ1) is 8.72. The third-order valence-electron chi connectivity index (χ3n) is 3.63. The molecule has 0 aliphatic heterocycles. The number of hydrogen-bond donors (Lipinski definition) is 0. The van der Waals surface area contributed by atoms with Crippen LogP contribution in [0.4, 0.5) is 0 Å². The highest BCUT2D eigenvalue weighted by Crippen LogP contribution is 2.26. The van der Waals surface area contributed by atoms with Gasteiger partial charge in [0.1, 0.15) is 0 Å². The highest BCUT2D eigenvalue weighted by atomic mass is 79.9. The molecule has 1 unspecified atom stereocenters. The van der Waals surface area contributed by atoms with Crippen molar-refractivity contribution in [1.82, 2.24) is 4.57 Å². The van der Waals surface area contributed by atoms with Crippen LogP contribution in [0.5, 0.6) is 0 Å². The van der Waals surface area contributed by atoms with Crippen LogP contribution in [0.3, 0.4) is 0 Å². The molecule has 1 heterocycles. The Balaban J connectivity index is 2.06. The van der Waals surface area contributed by atoms with Gasteiger partial charge in [-0.3, -0.25) is 0 Å². The van der Waals surface area contributed by atoms with Crippen molar-refractivity contribution in [3.63, 3.8) is 0 Å². The van der Waals surface area contributed by atoms with Crippen LogP contribution in [0.25, 0.3) is 10.9 Å². The molecule has 1 atom stereocenters. The molecule has 0 spiro atoms. The molecule has 0 aliphatic carbocycles. The Bertz CT molecular complexity index is 501. The molecule has 0 fully saturated rings. The number of halogens is 1. The smallest absolute Gasteiger partial charge is 0.0483 e. The zero-order valence-electron chi connectivity index (χ0n) is 11.3. The van der Waals surface area contributed by atoms with Crippen molar-refractivity contribution < 1.29 is 0 Å². The monoisotopic (exact) mass is 307 g/mol. The molecule has 2 aromatic rings. The molecule has 0 amide bonds. The van der Waals surface area contributed by atoms with E-state index in [1.165, 1.54) is 43.0 Å². The highest BCUT2D eigenvalue weighted by Gasteiger charge is 2.08. The van der Waals surface area contributed by atoms with Crippen LogP contribution in [0, 0.1) is 0 Å². The highest BCUT2D eigenvalue weighted by molar-refractivity contribution is 9.10. The summed E-state index contributed by atoms with van der Waals surface area (Å²) in [6.07, 6.45) is 8.89. The number of hydrogen-bond acceptors (Lipinski definition) is 0. The fourth-order valence-electron chi connectivity index (χ4n) is 2.52. The standard InChI is InChI=1S/C16H22BrN/c1-3-4-5-6-7-13(2)18-11-10-14-12-15(17)8-9-16(14)18/h8-13H,3-7H2,1-2H3. The summed E-state index contributed by atoms with van der Waals surface area (Å²) in [5.74, 6) is 0. The van der Waals surface area contributed by atoms with Gasteiger partial charge in [0.05, 0.1) is 0 Å². The molecule has 0 saturated carbocycles. The van der Waals surface area contributed by atoms with Crippen LogP contribution in [0.2, 0.25) is 0 Å². The van der Waals surface area contributed by atoms with Gasteiger partial charge in [-0.25, -0.2) is 0 Å². The molecular formula is C16H22BrN. The Kier molecular flexibility index (Phi) is 4.87. The summed E-state index contributed by atoms with van der Waals surface area (Å²) >= 11 is 3.53. The van der Waals surface area contributed by atoms with E-state index in [-0.39, 0.29) is 0 Å². The predicted octanol–water partition coefficient (Wildman–Crippen LogP) is 5.94. The van der Waals surface area contributed by atoms with E-state index in [0.717, 1.165) is 4.47 Å². The van der Waals surface area contributed by atoms with Crippen LogP contribution in [-0.2, 0) is 0 Å². The first-order valence-electron chi connectivity index (χ1n) is 6.98. The van der Waals surface area contributed by atoms with Crippen LogP contribution in [-0.4, -0.2) is 4.57 Å². The normalized spacial score (nSPS) is 13.1. The summed E-state index contributed by atoms with van der Waals surface area (Å²) in [6.45, 7) is 4.59. The van der Waals surface area contributed by atoms with Crippen molar-refractivity contribution in [2.75, 3.05) is 0 Å². The minimum atomic E-state index is 0.598. The second-order valence-electron chi connectivity index (χ2n) is 5.12. The second kappa shape index (κ2) is 6.42. The number of fused-ring (bicyclic) bond motifs is 1. The van der Waals surface area contributed by atoms with Crippen LogP contribution >= 0.6 is 15.9 Å². The first-order valence-corrected chi connectivity index (χ1v) is 7.77. The van der Waals surface area contributed by atoms with Crippen molar-refractivity contribution in [3.8, 4) is 0 Å². The summed E-state index contributed by atoms with van der Waals surface area (Å²) in [6, 6.07) is 9.34. The minimum absolute atomic E-state index is 0.598. The van der Waals surface area contributed by atoms with Gasteiger partial charge in [-0.1, -0.05) is 48.5 Å². The molecule has 2 heteroatoms. The van der Waals surface area contributed by atoms with Crippen molar-refractivity contribution in [2.45, 2.75) is 52.0 Å². The largest absolute Gasteiger partial charge is 0.345 e. The number of aromatic nitrogens is 1. The molecule has 98 valence electrons. The zero-order chi connectivity index (χ0) is 13.0. The molecule has 0 N–H and O–H groups in total. The van der Waals surface area contributed by atoms with Gasteiger partial charge in [0, 0.05) is 27.6 Å². The van der Waals surface area contributed by atoms with Gasteiger partial charge < -0.3 is 4.57 Å². The average molecular weight is 308 g/mol. The maximum absolute atomic E-state index is 3.53. The van der Waals surface area contributed by atoms with Crippen LogP contribution in [0.15, 0.2) is 34.9 Å². The quantitative estimate of drug-likeness (QED) is 0.582. The lowest BCUT2D eigenvalue weighted by atomic mass is 10.1. The van der Waals surface area contributed by atoms with E-state index in [1.54, 1.807) is 0 Å². The lowest BCUT2D eigenvalue weighted by molar-refractivity contribution is 0.484. The molecule has 1 aromatic carbocycles. The van der Waals surface area contributed by atoms with Crippen molar-refractivity contribution in [1.29, 1.82) is 0 Å². The van der Waals surface area contributed by atoms with Gasteiger partial charge in [0.15, 0.2) is 0 Å². The summed E-state index contributed by atoms with van der Waals surface area (Å²) in [4.78, 5) is 0. The van der Waals surface area contributed by atoms with E-state index in [4.69, 9.17) is 0 Å². The maximum atomic E-state index is 3.53. The number of rotatable bonds is 6. The number of unbranched alkanes of at least 4 members (excludes halogenated alkanes) is 3. The molecule has 0 radical (unpaired) electrons. The molecule has 0 bridgehead atoms. The maximum Gasteiger partial charge on any atom is 0.0483 e. The van der Waals surface area contributed by atoms with E-state index >= 15 is 0 Å². The number of benzene rings is 1. The van der Waals surface area contributed by atoms with E-state index in [9.17, 15) is 0 Å². The third kappa shape index (κ3) is 3.17. The van der Waals surface area contributed by atoms with Crippen LogP contribution < -0.4 is 0 Å². The van der Waals surface area contributed by atoms with E-state index in [2.05, 4.69) is 64.8 Å². The number of nitrogens with zero attached hydrogens (tertiary/aromatic N) is 1. The van der Waals surface area contributed by atoms with Crippen molar-refractivity contribution in [3.05, 3.63) is 34.9 Å². The first kappa shape index (κ1) is 13.7. The Morgan fingerprint density at radius 1 is 1.17 bits per heavy atom.